The highest BCUT2D eigenvalue weighted by Crippen LogP contribution is 2.33. The minimum Gasteiger partial charge on any atom is -0.462 e. The van der Waals surface area contributed by atoms with Gasteiger partial charge in [0.2, 0.25) is 0 Å². The summed E-state index contributed by atoms with van der Waals surface area (Å²) in [5, 5.41) is 0. The molecule has 2 nitrogen and oxygen atoms in total. The highest BCUT2D eigenvalue weighted by molar-refractivity contribution is 5.94. The largest absolute Gasteiger partial charge is 0.462 e. The van der Waals surface area contributed by atoms with E-state index in [0.717, 1.165) is 47.9 Å². The highest BCUT2D eigenvalue weighted by atomic mass is 16.5. The van der Waals surface area contributed by atoms with E-state index in [1.54, 1.807) is 0 Å². The summed E-state index contributed by atoms with van der Waals surface area (Å²) in [5.74, 6) is 0.434. The van der Waals surface area contributed by atoms with Crippen LogP contribution in [0.25, 0.3) is 22.3 Å². The third-order valence-corrected chi connectivity index (χ3v) is 6.95. The molecule has 0 aliphatic heterocycles. The summed E-state index contributed by atoms with van der Waals surface area (Å²) in [4.78, 5) is 12.8. The maximum Gasteiger partial charge on any atom is 0.338 e. The molecule has 0 N–H and O–H groups in total. The second-order valence-corrected chi connectivity index (χ2v) is 9.78. The number of aryl methyl sites for hydroxylation is 1. The van der Waals surface area contributed by atoms with Gasteiger partial charge in [-0.05, 0) is 71.6 Å². The van der Waals surface area contributed by atoms with Crippen LogP contribution < -0.4 is 0 Å². The van der Waals surface area contributed by atoms with E-state index in [1.165, 1.54) is 37.7 Å². The monoisotopic (exact) mass is 470 g/mol. The minimum atomic E-state index is -0.237. The summed E-state index contributed by atoms with van der Waals surface area (Å²) >= 11 is 0. The lowest BCUT2D eigenvalue weighted by Crippen LogP contribution is -2.08. The van der Waals surface area contributed by atoms with Gasteiger partial charge < -0.3 is 4.74 Å². The zero-order valence-electron chi connectivity index (χ0n) is 21.9. The number of benzene rings is 3. The Hall–Kier alpha value is -2.87. The van der Waals surface area contributed by atoms with E-state index in [9.17, 15) is 4.79 Å². The summed E-state index contributed by atoms with van der Waals surface area (Å²) in [5.41, 5.74) is 6.47. The van der Waals surface area contributed by atoms with Crippen molar-refractivity contribution in [3.63, 3.8) is 0 Å². The lowest BCUT2D eigenvalue weighted by molar-refractivity contribution is 0.0494. The first kappa shape index (κ1) is 26.7. The Morgan fingerprint density at radius 2 is 1.49 bits per heavy atom. The van der Waals surface area contributed by atoms with Crippen LogP contribution in [0.4, 0.5) is 0 Å². The molecule has 186 valence electrons. The van der Waals surface area contributed by atoms with Crippen molar-refractivity contribution in [3.8, 4) is 22.3 Å². The Bertz CT molecular complexity index is 1020. The zero-order chi connectivity index (χ0) is 24.9. The minimum absolute atomic E-state index is 0.237. The van der Waals surface area contributed by atoms with Gasteiger partial charge in [0.1, 0.15) is 0 Å². The van der Waals surface area contributed by atoms with Crippen LogP contribution in [0.3, 0.4) is 0 Å². The number of ether oxygens (including phenoxy) is 1. The van der Waals surface area contributed by atoms with Crippen LogP contribution >= 0.6 is 0 Å². The quantitative estimate of drug-likeness (QED) is 0.173. The van der Waals surface area contributed by atoms with Crippen LogP contribution in [-0.2, 0) is 11.2 Å². The molecule has 3 rings (SSSR count). The van der Waals surface area contributed by atoms with Crippen molar-refractivity contribution < 1.29 is 9.53 Å². The number of esters is 1. The number of rotatable bonds is 14. The second kappa shape index (κ2) is 14.5. The number of carbonyl (C=O) groups is 1. The van der Waals surface area contributed by atoms with Gasteiger partial charge >= 0.3 is 5.97 Å². The Morgan fingerprint density at radius 3 is 2.20 bits per heavy atom. The van der Waals surface area contributed by atoms with Gasteiger partial charge in [0, 0.05) is 0 Å². The second-order valence-electron chi connectivity index (χ2n) is 9.78. The Morgan fingerprint density at radius 1 is 0.771 bits per heavy atom. The van der Waals surface area contributed by atoms with Crippen molar-refractivity contribution in [2.45, 2.75) is 78.6 Å². The van der Waals surface area contributed by atoms with E-state index in [0.29, 0.717) is 18.1 Å². The van der Waals surface area contributed by atoms with Crippen LogP contribution in [0.1, 0.15) is 88.1 Å². The predicted molar refractivity (Wildman–Crippen MR) is 149 cm³/mol. The summed E-state index contributed by atoms with van der Waals surface area (Å²) in [6, 6.07) is 25.2. The number of carbonyl (C=O) groups excluding carboxylic acids is 1. The first-order valence-electron chi connectivity index (χ1n) is 13.6. The summed E-state index contributed by atoms with van der Waals surface area (Å²) in [6.07, 6.45) is 10.8. The molecule has 1 atom stereocenters. The fraction of sp³-hybridized carbons (Fsp3) is 0.424. The predicted octanol–water partition coefficient (Wildman–Crippen LogP) is 9.52. The molecule has 0 aliphatic rings. The Balaban J connectivity index is 1.76. The SMILES string of the molecule is CCCCCCCc1ccc(-c2cc(C(=O)OCCCC(C)CC)ccc2-c2ccccc2)cc1. The average Bonchev–Trinajstić information content (AvgIpc) is 2.91. The molecule has 2 heteroatoms. The first-order chi connectivity index (χ1) is 17.1. The van der Waals surface area contributed by atoms with Crippen molar-refractivity contribution in [3.05, 3.63) is 83.9 Å². The van der Waals surface area contributed by atoms with Crippen molar-refractivity contribution in [1.29, 1.82) is 0 Å². The Kier molecular flexibility index (Phi) is 11.1. The van der Waals surface area contributed by atoms with Gasteiger partial charge in [-0.15, -0.1) is 0 Å². The normalized spacial score (nSPS) is 11.9. The third-order valence-electron chi connectivity index (χ3n) is 6.95. The average molecular weight is 471 g/mol. The summed E-state index contributed by atoms with van der Waals surface area (Å²) in [6.45, 7) is 7.18. The molecular formula is C33H42O2. The molecule has 0 spiro atoms. The summed E-state index contributed by atoms with van der Waals surface area (Å²) in [7, 11) is 0. The molecule has 1 unspecified atom stereocenters. The van der Waals surface area contributed by atoms with Crippen LogP contribution in [0, 0.1) is 5.92 Å². The number of unbranched alkanes of at least 4 members (excludes halogenated alkanes) is 4. The van der Waals surface area contributed by atoms with E-state index in [1.807, 2.05) is 18.2 Å². The van der Waals surface area contributed by atoms with Crippen molar-refractivity contribution >= 4 is 5.97 Å². The lowest BCUT2D eigenvalue weighted by atomic mass is 9.92. The van der Waals surface area contributed by atoms with Gasteiger partial charge in [-0.2, -0.15) is 0 Å². The summed E-state index contributed by atoms with van der Waals surface area (Å²) < 4.78 is 5.61. The van der Waals surface area contributed by atoms with Gasteiger partial charge in [-0.1, -0.05) is 114 Å². The first-order valence-corrected chi connectivity index (χ1v) is 13.6. The maximum atomic E-state index is 12.8. The molecule has 0 saturated carbocycles. The molecule has 0 aromatic heterocycles. The van der Waals surface area contributed by atoms with Crippen LogP contribution in [-0.4, -0.2) is 12.6 Å². The molecule has 0 fully saturated rings. The zero-order valence-corrected chi connectivity index (χ0v) is 21.9. The van der Waals surface area contributed by atoms with E-state index < -0.39 is 0 Å². The lowest BCUT2D eigenvalue weighted by Gasteiger charge is -2.14. The van der Waals surface area contributed by atoms with Crippen molar-refractivity contribution in [1.82, 2.24) is 0 Å². The number of hydrogen-bond acceptors (Lipinski definition) is 2. The molecule has 0 amide bonds. The Labute approximate surface area is 212 Å². The van der Waals surface area contributed by atoms with E-state index in [2.05, 4.69) is 75.4 Å². The van der Waals surface area contributed by atoms with Crippen molar-refractivity contribution in [2.75, 3.05) is 6.61 Å². The highest BCUT2D eigenvalue weighted by Gasteiger charge is 2.14. The van der Waals surface area contributed by atoms with E-state index in [4.69, 9.17) is 4.74 Å². The van der Waals surface area contributed by atoms with Gasteiger partial charge in [-0.3, -0.25) is 0 Å². The molecule has 3 aromatic carbocycles. The molecular weight excluding hydrogens is 428 g/mol. The van der Waals surface area contributed by atoms with Crippen LogP contribution in [0.2, 0.25) is 0 Å². The van der Waals surface area contributed by atoms with Gasteiger partial charge in [0.15, 0.2) is 0 Å². The molecule has 0 bridgehead atoms. The van der Waals surface area contributed by atoms with Gasteiger partial charge in [0.25, 0.3) is 0 Å². The van der Waals surface area contributed by atoms with Crippen LogP contribution in [0.15, 0.2) is 72.8 Å². The molecule has 35 heavy (non-hydrogen) atoms. The smallest absolute Gasteiger partial charge is 0.338 e. The molecule has 0 aliphatic carbocycles. The topological polar surface area (TPSA) is 26.3 Å². The molecule has 0 saturated heterocycles. The number of hydrogen-bond donors (Lipinski definition) is 0. The third kappa shape index (κ3) is 8.38. The van der Waals surface area contributed by atoms with Crippen LogP contribution in [0.5, 0.6) is 0 Å². The maximum absolute atomic E-state index is 12.8. The standard InChI is InChI=1S/C33H42O2/c1-4-6-7-8-10-15-27-18-20-29(21-19-27)32-25-30(33(34)35-24-13-14-26(3)5-2)22-23-31(32)28-16-11-9-12-17-28/h9,11-12,16-23,25-26H,4-8,10,13-15,24H2,1-3H3. The van der Waals surface area contributed by atoms with Crippen molar-refractivity contribution in [2.24, 2.45) is 5.92 Å². The van der Waals surface area contributed by atoms with Gasteiger partial charge in [-0.25, -0.2) is 4.79 Å². The fourth-order valence-electron chi connectivity index (χ4n) is 4.45. The van der Waals surface area contributed by atoms with E-state index in [-0.39, 0.29) is 5.97 Å². The molecule has 0 radical (unpaired) electrons. The fourth-order valence-corrected chi connectivity index (χ4v) is 4.45. The van der Waals surface area contributed by atoms with Gasteiger partial charge in [0.05, 0.1) is 12.2 Å². The molecule has 3 aromatic rings. The molecule has 0 heterocycles. The van der Waals surface area contributed by atoms with E-state index >= 15 is 0 Å².